The third-order valence-corrected chi connectivity index (χ3v) is 2.98. The standard InChI is InChI=1S/C18H20N2/c1-14(2)18(20-17-12-8-5-9-13-17)15(3)19-16-10-6-4-7-11-16/h4-14H,1-3H3. The zero-order valence-electron chi connectivity index (χ0n) is 12.2. The van der Waals surface area contributed by atoms with Crippen molar-refractivity contribution in [3.63, 3.8) is 0 Å². The Morgan fingerprint density at radius 1 is 0.750 bits per heavy atom. The van der Waals surface area contributed by atoms with Crippen molar-refractivity contribution < 1.29 is 0 Å². The summed E-state index contributed by atoms with van der Waals surface area (Å²) in [6.07, 6.45) is 0. The van der Waals surface area contributed by atoms with Crippen molar-refractivity contribution >= 4 is 22.8 Å². The second-order valence-electron chi connectivity index (χ2n) is 5.02. The van der Waals surface area contributed by atoms with E-state index in [1.54, 1.807) is 0 Å². The van der Waals surface area contributed by atoms with Gasteiger partial charge < -0.3 is 0 Å². The van der Waals surface area contributed by atoms with Crippen LogP contribution in [0.4, 0.5) is 11.4 Å². The maximum Gasteiger partial charge on any atom is 0.0648 e. The highest BCUT2D eigenvalue weighted by Crippen LogP contribution is 2.16. The first-order valence-corrected chi connectivity index (χ1v) is 6.91. The summed E-state index contributed by atoms with van der Waals surface area (Å²) in [5.41, 5.74) is 3.93. The Balaban J connectivity index is 2.34. The summed E-state index contributed by atoms with van der Waals surface area (Å²) in [6.45, 7) is 6.31. The molecule has 0 aliphatic rings. The van der Waals surface area contributed by atoms with Crippen LogP contribution >= 0.6 is 0 Å². The fourth-order valence-electron chi connectivity index (χ4n) is 2.02. The number of benzene rings is 2. The third kappa shape index (κ3) is 3.89. The zero-order valence-corrected chi connectivity index (χ0v) is 12.2. The maximum absolute atomic E-state index is 4.74. The van der Waals surface area contributed by atoms with Crippen LogP contribution in [-0.4, -0.2) is 11.4 Å². The lowest BCUT2D eigenvalue weighted by Gasteiger charge is -2.10. The first kappa shape index (κ1) is 14.2. The molecule has 20 heavy (non-hydrogen) atoms. The molecule has 2 aromatic carbocycles. The minimum absolute atomic E-state index is 0.336. The minimum Gasteiger partial charge on any atom is -0.252 e. The van der Waals surface area contributed by atoms with Crippen LogP contribution in [0.3, 0.4) is 0 Å². The summed E-state index contributed by atoms with van der Waals surface area (Å²) in [6, 6.07) is 20.0. The molecule has 0 unspecified atom stereocenters. The van der Waals surface area contributed by atoms with Crippen molar-refractivity contribution in [2.45, 2.75) is 20.8 Å². The van der Waals surface area contributed by atoms with Crippen LogP contribution in [0, 0.1) is 5.92 Å². The number of rotatable bonds is 4. The molecule has 0 spiro atoms. The molecule has 0 radical (unpaired) electrons. The SMILES string of the molecule is CC(=Nc1ccccc1)C(=Nc1ccccc1)C(C)C. The van der Waals surface area contributed by atoms with Crippen LogP contribution < -0.4 is 0 Å². The lowest BCUT2D eigenvalue weighted by molar-refractivity contribution is 0.893. The van der Waals surface area contributed by atoms with Crippen molar-refractivity contribution in [1.29, 1.82) is 0 Å². The van der Waals surface area contributed by atoms with Crippen molar-refractivity contribution in [2.75, 3.05) is 0 Å². The number of nitrogens with zero attached hydrogens (tertiary/aromatic N) is 2. The van der Waals surface area contributed by atoms with E-state index < -0.39 is 0 Å². The number of para-hydroxylation sites is 2. The lowest BCUT2D eigenvalue weighted by atomic mass is 10.0. The molecule has 2 aromatic rings. The van der Waals surface area contributed by atoms with Gasteiger partial charge in [0.2, 0.25) is 0 Å². The van der Waals surface area contributed by atoms with Gasteiger partial charge in [-0.15, -0.1) is 0 Å². The molecule has 0 aliphatic carbocycles. The van der Waals surface area contributed by atoms with Crippen molar-refractivity contribution in [2.24, 2.45) is 15.9 Å². The molecule has 0 amide bonds. The molecule has 0 aliphatic heterocycles. The van der Waals surface area contributed by atoms with Gasteiger partial charge in [0.15, 0.2) is 0 Å². The van der Waals surface area contributed by atoms with Crippen LogP contribution in [-0.2, 0) is 0 Å². The van der Waals surface area contributed by atoms with Gasteiger partial charge in [0.1, 0.15) is 0 Å². The second-order valence-corrected chi connectivity index (χ2v) is 5.02. The largest absolute Gasteiger partial charge is 0.252 e. The van der Waals surface area contributed by atoms with Crippen LogP contribution in [0.1, 0.15) is 20.8 Å². The van der Waals surface area contributed by atoms with Gasteiger partial charge in [-0.2, -0.15) is 0 Å². The zero-order chi connectivity index (χ0) is 14.4. The lowest BCUT2D eigenvalue weighted by Crippen LogP contribution is -2.16. The predicted octanol–water partition coefficient (Wildman–Crippen LogP) is 5.21. The summed E-state index contributed by atoms with van der Waals surface area (Å²) in [5.74, 6) is 0.336. The summed E-state index contributed by atoms with van der Waals surface area (Å²) in [5, 5.41) is 0. The molecule has 0 bridgehead atoms. The molecular formula is C18H20N2. The molecule has 2 heteroatoms. The number of aliphatic imine (C=N–C) groups is 2. The average Bonchev–Trinajstić information content (AvgIpc) is 2.46. The van der Waals surface area contributed by atoms with E-state index in [1.807, 2.05) is 67.6 Å². The normalized spacial score (nSPS) is 12.8. The average molecular weight is 264 g/mol. The minimum atomic E-state index is 0.336. The van der Waals surface area contributed by atoms with Crippen LogP contribution in [0.2, 0.25) is 0 Å². The Morgan fingerprint density at radius 2 is 1.20 bits per heavy atom. The molecule has 2 nitrogen and oxygen atoms in total. The van der Waals surface area contributed by atoms with Crippen LogP contribution in [0.25, 0.3) is 0 Å². The highest BCUT2D eigenvalue weighted by atomic mass is 14.8. The fraction of sp³-hybridized carbons (Fsp3) is 0.222. The van der Waals surface area contributed by atoms with Gasteiger partial charge in [0.05, 0.1) is 22.8 Å². The molecule has 0 saturated carbocycles. The number of hydrogen-bond donors (Lipinski definition) is 0. The van der Waals surface area contributed by atoms with E-state index in [1.165, 1.54) is 0 Å². The van der Waals surface area contributed by atoms with E-state index in [2.05, 4.69) is 18.8 Å². The van der Waals surface area contributed by atoms with Gasteiger partial charge in [-0.25, -0.2) is 0 Å². The Morgan fingerprint density at radius 3 is 1.65 bits per heavy atom. The van der Waals surface area contributed by atoms with Crippen LogP contribution in [0.15, 0.2) is 70.6 Å². The summed E-state index contributed by atoms with van der Waals surface area (Å²) < 4.78 is 0. The monoisotopic (exact) mass is 264 g/mol. The molecule has 2 rings (SSSR count). The highest BCUT2D eigenvalue weighted by molar-refractivity contribution is 6.43. The summed E-state index contributed by atoms with van der Waals surface area (Å²) >= 11 is 0. The fourth-order valence-corrected chi connectivity index (χ4v) is 2.02. The molecule has 0 saturated heterocycles. The van der Waals surface area contributed by atoms with E-state index in [-0.39, 0.29) is 0 Å². The number of hydrogen-bond acceptors (Lipinski definition) is 2. The van der Waals surface area contributed by atoms with Crippen molar-refractivity contribution in [1.82, 2.24) is 0 Å². The molecule has 0 fully saturated rings. The third-order valence-electron chi connectivity index (χ3n) is 2.98. The smallest absolute Gasteiger partial charge is 0.0648 e. The van der Waals surface area contributed by atoms with E-state index >= 15 is 0 Å². The molecule has 0 aromatic heterocycles. The molecule has 0 heterocycles. The molecule has 0 atom stereocenters. The Bertz CT molecular complexity index is 596. The molecule has 102 valence electrons. The Kier molecular flexibility index (Phi) is 4.83. The van der Waals surface area contributed by atoms with Crippen molar-refractivity contribution in [3.8, 4) is 0 Å². The summed E-state index contributed by atoms with van der Waals surface area (Å²) in [4.78, 5) is 9.40. The van der Waals surface area contributed by atoms with Crippen molar-refractivity contribution in [3.05, 3.63) is 60.7 Å². The van der Waals surface area contributed by atoms with Gasteiger partial charge in [-0.1, -0.05) is 50.2 Å². The van der Waals surface area contributed by atoms with Gasteiger partial charge in [-0.3, -0.25) is 9.98 Å². The van der Waals surface area contributed by atoms with Gasteiger partial charge >= 0.3 is 0 Å². The first-order valence-electron chi connectivity index (χ1n) is 6.91. The summed E-state index contributed by atoms with van der Waals surface area (Å²) in [7, 11) is 0. The topological polar surface area (TPSA) is 24.7 Å². The maximum atomic E-state index is 4.74. The van der Waals surface area contributed by atoms with Gasteiger partial charge in [0, 0.05) is 0 Å². The quantitative estimate of drug-likeness (QED) is 0.677. The molecule has 0 N–H and O–H groups in total. The van der Waals surface area contributed by atoms with E-state index in [0.717, 1.165) is 22.8 Å². The predicted molar refractivity (Wildman–Crippen MR) is 87.6 cm³/mol. The van der Waals surface area contributed by atoms with E-state index in [4.69, 9.17) is 4.99 Å². The van der Waals surface area contributed by atoms with Gasteiger partial charge in [-0.05, 0) is 37.1 Å². The van der Waals surface area contributed by atoms with Crippen LogP contribution in [0.5, 0.6) is 0 Å². The molecular weight excluding hydrogens is 244 g/mol. The van der Waals surface area contributed by atoms with E-state index in [9.17, 15) is 0 Å². The Hall–Kier alpha value is -2.22. The van der Waals surface area contributed by atoms with Gasteiger partial charge in [0.25, 0.3) is 0 Å². The highest BCUT2D eigenvalue weighted by Gasteiger charge is 2.09. The van der Waals surface area contributed by atoms with E-state index in [0.29, 0.717) is 5.92 Å². The first-order chi connectivity index (χ1) is 9.66. The second kappa shape index (κ2) is 6.80. The Labute approximate surface area is 120 Å².